The van der Waals surface area contributed by atoms with E-state index in [0.717, 1.165) is 25.9 Å². The average molecular weight is 316 g/mol. The molecule has 5 nitrogen and oxygen atoms in total. The molecule has 1 saturated heterocycles. The van der Waals surface area contributed by atoms with E-state index in [4.69, 9.17) is 13.9 Å². The second-order valence-corrected chi connectivity index (χ2v) is 5.93. The van der Waals surface area contributed by atoms with E-state index in [1.54, 1.807) is 13.4 Å². The van der Waals surface area contributed by atoms with E-state index < -0.39 is 0 Å². The Balaban J connectivity index is 1.67. The van der Waals surface area contributed by atoms with Crippen LogP contribution >= 0.6 is 0 Å². The second-order valence-electron chi connectivity index (χ2n) is 5.93. The maximum absolute atomic E-state index is 6.07. The first-order valence-corrected chi connectivity index (χ1v) is 8.11. The Morgan fingerprint density at radius 3 is 3.00 bits per heavy atom. The fourth-order valence-corrected chi connectivity index (χ4v) is 3.20. The van der Waals surface area contributed by atoms with Crippen LogP contribution in [0, 0.1) is 0 Å². The van der Waals surface area contributed by atoms with Crippen molar-refractivity contribution in [1.82, 2.24) is 9.88 Å². The van der Waals surface area contributed by atoms with Crippen molar-refractivity contribution < 1.29 is 13.9 Å². The molecule has 0 aliphatic carbocycles. The van der Waals surface area contributed by atoms with Crippen molar-refractivity contribution in [3.8, 4) is 0 Å². The Labute approximate surface area is 137 Å². The van der Waals surface area contributed by atoms with Crippen LogP contribution in [0.2, 0.25) is 0 Å². The molecule has 0 N–H and O–H groups in total. The summed E-state index contributed by atoms with van der Waals surface area (Å²) in [7, 11) is 1.70. The lowest BCUT2D eigenvalue weighted by molar-refractivity contribution is -0.00133. The minimum absolute atomic E-state index is 0.234. The summed E-state index contributed by atoms with van der Waals surface area (Å²) in [6, 6.07) is 6.50. The van der Waals surface area contributed by atoms with E-state index in [1.165, 1.54) is 11.1 Å². The van der Waals surface area contributed by atoms with Crippen LogP contribution in [0.15, 0.2) is 47.5 Å². The van der Waals surface area contributed by atoms with Gasteiger partial charge in [-0.05, 0) is 30.5 Å². The molecule has 0 spiro atoms. The second kappa shape index (κ2) is 8.24. The molecule has 5 heteroatoms. The van der Waals surface area contributed by atoms with Crippen LogP contribution in [0.4, 0.5) is 0 Å². The summed E-state index contributed by atoms with van der Waals surface area (Å²) in [6.45, 7) is 3.21. The van der Waals surface area contributed by atoms with Crippen molar-refractivity contribution >= 4 is 0 Å². The van der Waals surface area contributed by atoms with Gasteiger partial charge in [-0.25, -0.2) is 0 Å². The van der Waals surface area contributed by atoms with Crippen LogP contribution in [0.5, 0.6) is 0 Å². The van der Waals surface area contributed by atoms with E-state index in [9.17, 15) is 0 Å². The fraction of sp³-hybridized carbons (Fsp3) is 0.500. The molecule has 0 unspecified atom stereocenters. The van der Waals surface area contributed by atoms with Crippen LogP contribution in [0.1, 0.15) is 17.5 Å². The molecule has 3 heterocycles. The Hall–Kier alpha value is -1.69. The number of likely N-dealkylation sites (tertiary alicyclic amines) is 1. The third-order valence-electron chi connectivity index (χ3n) is 4.35. The highest BCUT2D eigenvalue weighted by molar-refractivity contribution is 5.13. The largest absolute Gasteiger partial charge is 0.472 e. The molecule has 2 aromatic rings. The summed E-state index contributed by atoms with van der Waals surface area (Å²) in [4.78, 5) is 6.72. The third-order valence-corrected chi connectivity index (χ3v) is 4.35. The molecule has 23 heavy (non-hydrogen) atoms. The van der Waals surface area contributed by atoms with Gasteiger partial charge in [-0.2, -0.15) is 0 Å². The molecule has 0 radical (unpaired) electrons. The zero-order valence-electron chi connectivity index (χ0n) is 13.6. The Morgan fingerprint density at radius 1 is 1.30 bits per heavy atom. The first-order valence-electron chi connectivity index (χ1n) is 8.11. The van der Waals surface area contributed by atoms with Crippen molar-refractivity contribution in [2.75, 3.05) is 26.9 Å². The summed E-state index contributed by atoms with van der Waals surface area (Å²) in [5.74, 6) is 0. The first kappa shape index (κ1) is 16.2. The lowest BCUT2D eigenvalue weighted by Gasteiger charge is -2.28. The highest BCUT2D eigenvalue weighted by Gasteiger charge is 2.34. The van der Waals surface area contributed by atoms with Crippen LogP contribution < -0.4 is 0 Å². The number of hydrogen-bond donors (Lipinski definition) is 0. The van der Waals surface area contributed by atoms with Gasteiger partial charge in [-0.3, -0.25) is 9.88 Å². The lowest BCUT2D eigenvalue weighted by atomic mass is 10.0. The number of nitrogens with zero attached hydrogens (tertiary/aromatic N) is 2. The Kier molecular flexibility index (Phi) is 5.80. The van der Waals surface area contributed by atoms with Crippen LogP contribution in [0.3, 0.4) is 0 Å². The van der Waals surface area contributed by atoms with E-state index in [0.29, 0.717) is 19.3 Å². The predicted octanol–water partition coefficient (Wildman–Crippen LogP) is 2.52. The summed E-state index contributed by atoms with van der Waals surface area (Å²) < 4.78 is 16.4. The zero-order chi connectivity index (χ0) is 15.9. The number of pyridine rings is 1. The van der Waals surface area contributed by atoms with Gasteiger partial charge >= 0.3 is 0 Å². The smallest absolute Gasteiger partial charge is 0.0947 e. The molecule has 2 atom stereocenters. The highest BCUT2D eigenvalue weighted by Crippen LogP contribution is 2.26. The van der Waals surface area contributed by atoms with Crippen molar-refractivity contribution in [3.05, 3.63) is 54.2 Å². The topological polar surface area (TPSA) is 47.7 Å². The number of rotatable bonds is 8. The van der Waals surface area contributed by atoms with Crippen molar-refractivity contribution in [3.63, 3.8) is 0 Å². The van der Waals surface area contributed by atoms with Gasteiger partial charge in [0.25, 0.3) is 0 Å². The number of methoxy groups -OCH3 is 1. The molecule has 1 aliphatic rings. The number of ether oxygens (including phenoxy) is 2. The molecular formula is C18H24N2O3. The summed E-state index contributed by atoms with van der Waals surface area (Å²) in [5, 5.41) is 0. The molecule has 0 aromatic carbocycles. The van der Waals surface area contributed by atoms with Crippen LogP contribution in [0.25, 0.3) is 0 Å². The van der Waals surface area contributed by atoms with Gasteiger partial charge in [0.15, 0.2) is 0 Å². The third kappa shape index (κ3) is 4.41. The van der Waals surface area contributed by atoms with Crippen molar-refractivity contribution in [1.29, 1.82) is 0 Å². The van der Waals surface area contributed by atoms with Crippen LogP contribution in [-0.2, 0) is 22.4 Å². The number of furan rings is 1. The summed E-state index contributed by atoms with van der Waals surface area (Å²) in [5.41, 5.74) is 2.45. The zero-order valence-corrected chi connectivity index (χ0v) is 13.6. The molecule has 2 aromatic heterocycles. The van der Waals surface area contributed by atoms with Crippen LogP contribution in [-0.4, -0.2) is 48.9 Å². The standard InChI is InChI=1S/C18H24N2O3/c1-21-9-10-23-18-4-7-20(13-16-5-8-22-14-16)17(18)11-15-3-2-6-19-12-15/h2-3,5-6,8,12,14,17-18H,4,7,9-11,13H2,1H3/t17-,18-/m0/s1. The minimum Gasteiger partial charge on any atom is -0.472 e. The normalized spacial score (nSPS) is 21.8. The minimum atomic E-state index is 0.234. The molecule has 0 saturated carbocycles. The quantitative estimate of drug-likeness (QED) is 0.700. The summed E-state index contributed by atoms with van der Waals surface area (Å²) >= 11 is 0. The Bertz CT molecular complexity index is 559. The monoisotopic (exact) mass is 316 g/mol. The van der Waals surface area contributed by atoms with E-state index in [-0.39, 0.29) is 6.10 Å². The van der Waals surface area contributed by atoms with E-state index in [1.807, 2.05) is 30.8 Å². The van der Waals surface area contributed by atoms with E-state index in [2.05, 4.69) is 16.0 Å². The van der Waals surface area contributed by atoms with Gasteiger partial charge in [0.05, 0.1) is 31.8 Å². The summed E-state index contributed by atoms with van der Waals surface area (Å²) in [6.07, 6.45) is 9.54. The maximum atomic E-state index is 6.07. The van der Waals surface area contributed by atoms with Gasteiger partial charge in [0.1, 0.15) is 0 Å². The molecule has 3 rings (SSSR count). The van der Waals surface area contributed by atoms with Crippen molar-refractivity contribution in [2.45, 2.75) is 31.5 Å². The average Bonchev–Trinajstić information content (AvgIpc) is 3.21. The SMILES string of the molecule is COCCO[C@H]1CCN(Cc2ccoc2)[C@H]1Cc1cccnc1. The Morgan fingerprint density at radius 2 is 2.26 bits per heavy atom. The lowest BCUT2D eigenvalue weighted by Crippen LogP contribution is -2.38. The maximum Gasteiger partial charge on any atom is 0.0947 e. The van der Waals surface area contributed by atoms with Gasteiger partial charge in [-0.15, -0.1) is 0 Å². The molecule has 124 valence electrons. The highest BCUT2D eigenvalue weighted by atomic mass is 16.5. The van der Waals surface area contributed by atoms with Gasteiger partial charge in [0.2, 0.25) is 0 Å². The van der Waals surface area contributed by atoms with Crippen molar-refractivity contribution in [2.24, 2.45) is 0 Å². The van der Waals surface area contributed by atoms with Gasteiger partial charge < -0.3 is 13.9 Å². The predicted molar refractivity (Wildman–Crippen MR) is 87.1 cm³/mol. The first-order chi connectivity index (χ1) is 11.4. The fourth-order valence-electron chi connectivity index (χ4n) is 3.20. The van der Waals surface area contributed by atoms with Gasteiger partial charge in [0, 0.05) is 44.2 Å². The molecule has 0 bridgehead atoms. The molecular weight excluding hydrogens is 292 g/mol. The molecule has 1 fully saturated rings. The molecule has 1 aliphatic heterocycles. The van der Waals surface area contributed by atoms with Gasteiger partial charge in [-0.1, -0.05) is 6.07 Å². The number of aromatic nitrogens is 1. The number of hydrogen-bond acceptors (Lipinski definition) is 5. The molecule has 0 amide bonds. The van der Waals surface area contributed by atoms with E-state index >= 15 is 0 Å².